The minimum absolute atomic E-state index is 0.0648. The van der Waals surface area contributed by atoms with Gasteiger partial charge in [0.2, 0.25) is 0 Å². The van der Waals surface area contributed by atoms with E-state index in [1.54, 1.807) is 0 Å². The average Bonchev–Trinajstić information content (AvgIpc) is 2.03. The Morgan fingerprint density at radius 3 is 2.45 bits per heavy atom. The first-order chi connectivity index (χ1) is 5.26. The maximum Gasteiger partial charge on any atom is 0.413 e. The van der Waals surface area contributed by atoms with Crippen LogP contribution < -0.4 is 0 Å². The second-order valence-electron chi connectivity index (χ2n) is 1.69. The summed E-state index contributed by atoms with van der Waals surface area (Å²) in [6.45, 7) is 2.26. The van der Waals surface area contributed by atoms with Crippen LogP contribution in [0.3, 0.4) is 0 Å². The second-order valence-corrected chi connectivity index (χ2v) is 1.69. The van der Waals surface area contributed by atoms with Gasteiger partial charge in [-0.1, -0.05) is 12.7 Å². The lowest BCUT2D eigenvalue weighted by Crippen LogP contribution is -2.33. The molecule has 0 atom stereocenters. The van der Waals surface area contributed by atoms with Crippen molar-refractivity contribution in [1.29, 1.82) is 0 Å². The van der Waals surface area contributed by atoms with Crippen LogP contribution in [0.2, 0.25) is 0 Å². The summed E-state index contributed by atoms with van der Waals surface area (Å²) in [5.41, 5.74) is 0. The van der Waals surface area contributed by atoms with Crippen LogP contribution in [0.1, 0.15) is 0 Å². The summed E-state index contributed by atoms with van der Waals surface area (Å²) in [4.78, 5) is 11.4. The molecule has 0 aromatic heterocycles. The van der Waals surface area contributed by atoms with Gasteiger partial charge in [0.05, 0.1) is 0 Å². The molecule has 0 saturated carbocycles. The molecule has 0 aliphatic carbocycles. The number of amides is 1. The molecule has 0 unspecified atom stereocenters. The molecule has 0 aromatic carbocycles. The van der Waals surface area contributed by atoms with Crippen molar-refractivity contribution in [3.05, 3.63) is 12.7 Å². The van der Waals surface area contributed by atoms with E-state index in [9.17, 15) is 4.79 Å². The highest BCUT2D eigenvalue weighted by atomic mass is 16.6. The number of nitrogens with zero attached hydrogens (tertiary/aromatic N) is 1. The normalized spacial score (nSPS) is 8.91. The van der Waals surface area contributed by atoms with E-state index in [0.29, 0.717) is 0 Å². The minimum atomic E-state index is -0.769. The van der Waals surface area contributed by atoms with E-state index in [1.165, 1.54) is 6.08 Å². The molecular formula is C6H11NO4. The zero-order valence-corrected chi connectivity index (χ0v) is 6.06. The maximum absolute atomic E-state index is 10.7. The van der Waals surface area contributed by atoms with Gasteiger partial charge in [0, 0.05) is 0 Å². The van der Waals surface area contributed by atoms with Crippen LogP contribution in [0, 0.1) is 0 Å². The molecule has 5 nitrogen and oxygen atoms in total. The van der Waals surface area contributed by atoms with Gasteiger partial charge in [0.25, 0.3) is 0 Å². The number of rotatable bonds is 4. The molecule has 11 heavy (non-hydrogen) atoms. The topological polar surface area (TPSA) is 70.0 Å². The van der Waals surface area contributed by atoms with Crippen LogP contribution in [0.25, 0.3) is 0 Å². The molecule has 0 aliphatic heterocycles. The number of aliphatic hydroxyl groups excluding tert-OH is 2. The smallest absolute Gasteiger partial charge is 0.413 e. The molecule has 0 aliphatic rings. The van der Waals surface area contributed by atoms with Crippen molar-refractivity contribution in [2.24, 2.45) is 0 Å². The van der Waals surface area contributed by atoms with Crippen molar-refractivity contribution in [3.63, 3.8) is 0 Å². The summed E-state index contributed by atoms with van der Waals surface area (Å²) >= 11 is 0. The molecule has 5 heteroatoms. The van der Waals surface area contributed by atoms with Crippen LogP contribution >= 0.6 is 0 Å². The Hall–Kier alpha value is -1.07. The van der Waals surface area contributed by atoms with E-state index in [-0.39, 0.29) is 6.61 Å². The van der Waals surface area contributed by atoms with Gasteiger partial charge in [-0.2, -0.15) is 0 Å². The summed E-state index contributed by atoms with van der Waals surface area (Å²) in [6, 6.07) is 0. The molecule has 0 heterocycles. The lowest BCUT2D eigenvalue weighted by atomic mass is 10.7. The fourth-order valence-electron chi connectivity index (χ4n) is 0.382. The van der Waals surface area contributed by atoms with E-state index in [1.807, 2.05) is 0 Å². The first-order valence-electron chi connectivity index (χ1n) is 3.00. The highest BCUT2D eigenvalue weighted by molar-refractivity contribution is 5.67. The van der Waals surface area contributed by atoms with E-state index in [2.05, 4.69) is 11.3 Å². The molecule has 2 N–H and O–H groups in total. The molecule has 0 bridgehead atoms. The standard InChI is InChI=1S/C6H11NO4/c1-2-3-11-6(10)7(4-8)5-9/h2,8-9H,1,3-5H2. The minimum Gasteiger partial charge on any atom is -0.445 e. The Morgan fingerprint density at radius 2 is 2.09 bits per heavy atom. The quantitative estimate of drug-likeness (QED) is 0.431. The van der Waals surface area contributed by atoms with Crippen molar-refractivity contribution in [3.8, 4) is 0 Å². The average molecular weight is 161 g/mol. The maximum atomic E-state index is 10.7. The summed E-state index contributed by atoms with van der Waals surface area (Å²) in [5.74, 6) is 0. The SMILES string of the molecule is C=CCOC(=O)N(CO)CO. The van der Waals surface area contributed by atoms with Crippen molar-refractivity contribution >= 4 is 6.09 Å². The van der Waals surface area contributed by atoms with Gasteiger partial charge >= 0.3 is 6.09 Å². The van der Waals surface area contributed by atoms with Crippen molar-refractivity contribution in [2.45, 2.75) is 0 Å². The molecule has 0 fully saturated rings. The van der Waals surface area contributed by atoms with E-state index in [0.717, 1.165) is 4.90 Å². The lowest BCUT2D eigenvalue weighted by Gasteiger charge is -2.15. The largest absolute Gasteiger partial charge is 0.445 e. The van der Waals surface area contributed by atoms with Gasteiger partial charge in [0.1, 0.15) is 20.1 Å². The monoisotopic (exact) mass is 161 g/mol. The first-order valence-corrected chi connectivity index (χ1v) is 3.00. The number of ether oxygens (including phenoxy) is 1. The van der Waals surface area contributed by atoms with E-state index >= 15 is 0 Å². The van der Waals surface area contributed by atoms with Gasteiger partial charge in [-0.05, 0) is 0 Å². The van der Waals surface area contributed by atoms with Crippen LogP contribution in [-0.2, 0) is 4.74 Å². The number of hydrogen-bond donors (Lipinski definition) is 2. The van der Waals surface area contributed by atoms with Gasteiger partial charge in [0.15, 0.2) is 0 Å². The first kappa shape index (κ1) is 9.93. The Balaban J connectivity index is 3.69. The molecule has 1 amide bonds. The van der Waals surface area contributed by atoms with Crippen LogP contribution in [0.4, 0.5) is 4.79 Å². The summed E-state index contributed by atoms with van der Waals surface area (Å²) in [6.07, 6.45) is 0.625. The molecule has 0 saturated heterocycles. The van der Waals surface area contributed by atoms with Crippen LogP contribution in [0.5, 0.6) is 0 Å². The molecule has 64 valence electrons. The Kier molecular flexibility index (Phi) is 5.14. The highest BCUT2D eigenvalue weighted by Crippen LogP contribution is 1.90. The summed E-state index contributed by atoms with van der Waals surface area (Å²) < 4.78 is 4.48. The number of carbonyl (C=O) groups is 1. The molecule has 0 aromatic rings. The van der Waals surface area contributed by atoms with Crippen LogP contribution in [0.15, 0.2) is 12.7 Å². The zero-order valence-electron chi connectivity index (χ0n) is 6.06. The zero-order chi connectivity index (χ0) is 8.69. The highest BCUT2D eigenvalue weighted by Gasteiger charge is 2.10. The Morgan fingerprint density at radius 1 is 1.55 bits per heavy atom. The number of aliphatic hydroxyl groups is 2. The predicted molar refractivity (Wildman–Crippen MR) is 37.6 cm³/mol. The lowest BCUT2D eigenvalue weighted by molar-refractivity contribution is 0.0217. The van der Waals surface area contributed by atoms with Crippen molar-refractivity contribution < 1.29 is 19.7 Å². The summed E-state index contributed by atoms with van der Waals surface area (Å²) in [5, 5.41) is 16.9. The third-order valence-electron chi connectivity index (χ3n) is 0.924. The number of carbonyl (C=O) groups excluding carboxylic acids is 1. The fourth-order valence-corrected chi connectivity index (χ4v) is 0.382. The van der Waals surface area contributed by atoms with Crippen molar-refractivity contribution in [1.82, 2.24) is 4.90 Å². The van der Waals surface area contributed by atoms with Gasteiger partial charge < -0.3 is 14.9 Å². The Labute approximate surface area is 64.5 Å². The Bertz CT molecular complexity index is 133. The third kappa shape index (κ3) is 3.59. The van der Waals surface area contributed by atoms with E-state index < -0.39 is 19.6 Å². The van der Waals surface area contributed by atoms with Crippen molar-refractivity contribution in [2.75, 3.05) is 20.1 Å². The van der Waals surface area contributed by atoms with E-state index in [4.69, 9.17) is 10.2 Å². The second kappa shape index (κ2) is 5.70. The third-order valence-corrected chi connectivity index (χ3v) is 0.924. The molecule has 0 radical (unpaired) electrons. The molecule has 0 spiro atoms. The van der Waals surface area contributed by atoms with Gasteiger partial charge in [-0.25, -0.2) is 4.79 Å². The fraction of sp³-hybridized carbons (Fsp3) is 0.500. The van der Waals surface area contributed by atoms with Crippen LogP contribution in [-0.4, -0.2) is 41.3 Å². The molecular weight excluding hydrogens is 150 g/mol. The number of hydrogen-bond acceptors (Lipinski definition) is 4. The van der Waals surface area contributed by atoms with Gasteiger partial charge in [-0.3, -0.25) is 4.90 Å². The van der Waals surface area contributed by atoms with Gasteiger partial charge in [-0.15, -0.1) is 0 Å². The summed E-state index contributed by atoms with van der Waals surface area (Å²) in [7, 11) is 0. The molecule has 0 rings (SSSR count). The predicted octanol–water partition coefficient (Wildman–Crippen LogP) is -0.489.